The van der Waals surface area contributed by atoms with E-state index in [0.29, 0.717) is 0 Å². The maximum atomic E-state index is 10.7. The molecule has 0 saturated heterocycles. The Morgan fingerprint density at radius 2 is 2.08 bits per heavy atom. The number of halogens is 1. The number of methoxy groups -OCH3 is 1. The Labute approximate surface area is 75.8 Å². The van der Waals surface area contributed by atoms with Crippen molar-refractivity contribution in [1.29, 1.82) is 0 Å². The van der Waals surface area contributed by atoms with Crippen molar-refractivity contribution in [2.24, 2.45) is 0 Å². The molecule has 0 aliphatic heterocycles. The zero-order valence-electron chi connectivity index (χ0n) is 7.00. The molecule has 0 aliphatic carbocycles. The van der Waals surface area contributed by atoms with Gasteiger partial charge in [-0.05, 0) is 0 Å². The van der Waals surface area contributed by atoms with E-state index in [1.165, 1.54) is 14.0 Å². The van der Waals surface area contributed by atoms with E-state index in [1.54, 1.807) is 0 Å². The van der Waals surface area contributed by atoms with E-state index in [4.69, 9.17) is 16.3 Å². The topological polar surface area (TPSA) is 52.6 Å². The van der Waals surface area contributed by atoms with Crippen LogP contribution in [0.3, 0.4) is 0 Å². The van der Waals surface area contributed by atoms with Crippen LogP contribution in [-0.2, 0) is 19.1 Å². The Morgan fingerprint density at radius 1 is 1.50 bits per heavy atom. The summed E-state index contributed by atoms with van der Waals surface area (Å²) in [5.74, 6) is -0.805. The molecule has 0 rings (SSSR count). The summed E-state index contributed by atoms with van der Waals surface area (Å²) in [6.45, 7) is 1.26. The van der Waals surface area contributed by atoms with Crippen LogP contribution in [0.4, 0.5) is 0 Å². The SMILES string of the molecule is COC(=O)C[C@H](CCl)OC(C)=O. The molecule has 0 unspecified atom stereocenters. The lowest BCUT2D eigenvalue weighted by atomic mass is 10.3. The molecule has 0 aromatic carbocycles. The molecule has 0 aromatic rings. The molecule has 0 fully saturated rings. The third kappa shape index (κ3) is 4.96. The maximum absolute atomic E-state index is 10.7. The highest BCUT2D eigenvalue weighted by atomic mass is 35.5. The fraction of sp³-hybridized carbons (Fsp3) is 0.714. The maximum Gasteiger partial charge on any atom is 0.309 e. The number of hydrogen-bond acceptors (Lipinski definition) is 4. The lowest BCUT2D eigenvalue weighted by Crippen LogP contribution is -2.22. The lowest BCUT2D eigenvalue weighted by Gasteiger charge is -2.11. The zero-order valence-corrected chi connectivity index (χ0v) is 7.76. The lowest BCUT2D eigenvalue weighted by molar-refractivity contribution is -0.150. The van der Waals surface area contributed by atoms with Crippen LogP contribution >= 0.6 is 11.6 Å². The van der Waals surface area contributed by atoms with Crippen LogP contribution in [0.2, 0.25) is 0 Å². The largest absolute Gasteiger partial charge is 0.469 e. The molecule has 0 radical (unpaired) electrons. The monoisotopic (exact) mass is 194 g/mol. The Morgan fingerprint density at radius 3 is 2.42 bits per heavy atom. The summed E-state index contributed by atoms with van der Waals surface area (Å²) in [4.78, 5) is 21.1. The normalized spacial score (nSPS) is 11.9. The van der Waals surface area contributed by atoms with E-state index < -0.39 is 18.0 Å². The van der Waals surface area contributed by atoms with Crippen molar-refractivity contribution in [1.82, 2.24) is 0 Å². The number of carbonyl (C=O) groups excluding carboxylic acids is 2. The molecule has 5 heteroatoms. The van der Waals surface area contributed by atoms with Gasteiger partial charge in [-0.25, -0.2) is 0 Å². The van der Waals surface area contributed by atoms with Crippen LogP contribution < -0.4 is 0 Å². The minimum absolute atomic E-state index is 0.000417. The molecule has 0 saturated carbocycles. The molecule has 0 heterocycles. The smallest absolute Gasteiger partial charge is 0.309 e. The second kappa shape index (κ2) is 5.83. The van der Waals surface area contributed by atoms with E-state index >= 15 is 0 Å². The Bertz CT molecular complexity index is 169. The van der Waals surface area contributed by atoms with Gasteiger partial charge in [0.2, 0.25) is 0 Å². The standard InChI is InChI=1S/C7H11ClO4/c1-5(9)12-6(4-8)3-7(10)11-2/h6H,3-4H2,1-2H3/t6-/m1/s1. The highest BCUT2D eigenvalue weighted by molar-refractivity contribution is 6.18. The summed E-state index contributed by atoms with van der Waals surface area (Å²) in [7, 11) is 1.27. The number of carbonyl (C=O) groups is 2. The van der Waals surface area contributed by atoms with Crippen molar-refractivity contribution in [3.63, 3.8) is 0 Å². The van der Waals surface area contributed by atoms with Gasteiger partial charge in [-0.15, -0.1) is 11.6 Å². The minimum Gasteiger partial charge on any atom is -0.469 e. The first kappa shape index (κ1) is 11.2. The van der Waals surface area contributed by atoms with Crippen LogP contribution in [0.15, 0.2) is 0 Å². The van der Waals surface area contributed by atoms with Crippen LogP contribution in [-0.4, -0.2) is 31.0 Å². The van der Waals surface area contributed by atoms with Crippen molar-refractivity contribution in [2.45, 2.75) is 19.4 Å². The summed E-state index contributed by atoms with van der Waals surface area (Å²) >= 11 is 5.43. The quantitative estimate of drug-likeness (QED) is 0.489. The van der Waals surface area contributed by atoms with Gasteiger partial charge in [0.05, 0.1) is 19.4 Å². The Hall–Kier alpha value is -0.770. The molecule has 4 nitrogen and oxygen atoms in total. The van der Waals surface area contributed by atoms with Crippen LogP contribution in [0.1, 0.15) is 13.3 Å². The third-order valence-corrected chi connectivity index (χ3v) is 1.47. The fourth-order valence-electron chi connectivity index (χ4n) is 0.632. The van der Waals surface area contributed by atoms with Gasteiger partial charge < -0.3 is 9.47 Å². The molecule has 0 aromatic heterocycles. The van der Waals surface area contributed by atoms with Gasteiger partial charge in [0.1, 0.15) is 6.10 Å². The Balaban J connectivity index is 3.82. The highest BCUT2D eigenvalue weighted by Gasteiger charge is 2.15. The van der Waals surface area contributed by atoms with Gasteiger partial charge in [-0.2, -0.15) is 0 Å². The third-order valence-electron chi connectivity index (χ3n) is 1.13. The van der Waals surface area contributed by atoms with Gasteiger partial charge in [-0.3, -0.25) is 9.59 Å². The minimum atomic E-state index is -0.586. The fourth-order valence-corrected chi connectivity index (χ4v) is 0.804. The van der Waals surface area contributed by atoms with E-state index in [9.17, 15) is 9.59 Å². The van der Waals surface area contributed by atoms with Gasteiger partial charge >= 0.3 is 11.9 Å². The molecule has 70 valence electrons. The average molecular weight is 195 g/mol. The first-order valence-corrected chi connectivity index (χ1v) is 3.93. The van der Waals surface area contributed by atoms with Crippen molar-refractivity contribution >= 4 is 23.5 Å². The second-order valence-corrected chi connectivity index (χ2v) is 2.47. The number of ether oxygens (including phenoxy) is 2. The van der Waals surface area contributed by atoms with Crippen LogP contribution in [0.5, 0.6) is 0 Å². The number of hydrogen-bond donors (Lipinski definition) is 0. The summed E-state index contributed by atoms with van der Waals surface area (Å²) in [6, 6.07) is 0. The van der Waals surface area contributed by atoms with Gasteiger partial charge in [-0.1, -0.05) is 0 Å². The molecule has 0 bridgehead atoms. The van der Waals surface area contributed by atoms with E-state index in [1.807, 2.05) is 0 Å². The molecule has 1 atom stereocenters. The molecular weight excluding hydrogens is 184 g/mol. The predicted molar refractivity (Wildman–Crippen MR) is 42.9 cm³/mol. The van der Waals surface area contributed by atoms with Gasteiger partial charge in [0.15, 0.2) is 0 Å². The van der Waals surface area contributed by atoms with E-state index in [-0.39, 0.29) is 12.3 Å². The predicted octanol–water partition coefficient (Wildman–Crippen LogP) is 0.720. The van der Waals surface area contributed by atoms with Crippen molar-refractivity contribution in [2.75, 3.05) is 13.0 Å². The van der Waals surface area contributed by atoms with Crippen molar-refractivity contribution in [3.8, 4) is 0 Å². The zero-order chi connectivity index (χ0) is 9.56. The van der Waals surface area contributed by atoms with Crippen molar-refractivity contribution < 1.29 is 19.1 Å². The van der Waals surface area contributed by atoms with Gasteiger partial charge in [0.25, 0.3) is 0 Å². The van der Waals surface area contributed by atoms with Crippen LogP contribution in [0, 0.1) is 0 Å². The molecule has 0 N–H and O–H groups in total. The first-order chi connectivity index (χ1) is 5.60. The number of rotatable bonds is 4. The summed E-state index contributed by atoms with van der Waals surface area (Å²) in [6.07, 6.45) is -0.587. The van der Waals surface area contributed by atoms with Crippen LogP contribution in [0.25, 0.3) is 0 Å². The Kier molecular flexibility index (Phi) is 5.45. The molecular formula is C7H11ClO4. The average Bonchev–Trinajstić information content (AvgIpc) is 2.02. The molecule has 0 aliphatic rings. The summed E-state index contributed by atoms with van der Waals surface area (Å²) in [5, 5.41) is 0. The second-order valence-electron chi connectivity index (χ2n) is 2.17. The summed E-state index contributed by atoms with van der Waals surface area (Å²) < 4.78 is 9.08. The van der Waals surface area contributed by atoms with E-state index in [0.717, 1.165) is 0 Å². The first-order valence-electron chi connectivity index (χ1n) is 3.40. The molecule has 0 amide bonds. The number of alkyl halides is 1. The highest BCUT2D eigenvalue weighted by Crippen LogP contribution is 2.02. The molecule has 12 heavy (non-hydrogen) atoms. The summed E-state index contributed by atoms with van der Waals surface area (Å²) in [5.41, 5.74) is 0. The van der Waals surface area contributed by atoms with Gasteiger partial charge in [0, 0.05) is 6.92 Å². The number of esters is 2. The molecule has 0 spiro atoms. The van der Waals surface area contributed by atoms with E-state index in [2.05, 4.69) is 4.74 Å². The van der Waals surface area contributed by atoms with Crippen molar-refractivity contribution in [3.05, 3.63) is 0 Å².